The first kappa shape index (κ1) is 15.9. The van der Waals surface area contributed by atoms with Crippen LogP contribution in [0.4, 0.5) is 0 Å². The van der Waals surface area contributed by atoms with E-state index >= 15 is 0 Å². The van der Waals surface area contributed by atoms with Crippen LogP contribution in [0.2, 0.25) is 0 Å². The number of hydrogen-bond acceptors (Lipinski definition) is 6. The number of amides is 1. The number of aryl methyl sites for hydroxylation is 1. The van der Waals surface area contributed by atoms with Crippen LogP contribution in [0.15, 0.2) is 28.3 Å². The average molecular weight is 334 g/mol. The number of hydrogen-bond donors (Lipinski definition) is 1. The Morgan fingerprint density at radius 1 is 1.52 bits per heavy atom. The number of thioether (sulfide) groups is 1. The van der Waals surface area contributed by atoms with Crippen molar-refractivity contribution in [1.82, 2.24) is 19.7 Å². The molecular formula is C15H18N4O3S. The van der Waals surface area contributed by atoms with Crippen molar-refractivity contribution < 1.29 is 9.53 Å². The zero-order valence-electron chi connectivity index (χ0n) is 12.8. The lowest BCUT2D eigenvalue weighted by molar-refractivity contribution is -0.119. The number of ether oxygens (including phenoxy) is 1. The lowest BCUT2D eigenvalue weighted by Crippen LogP contribution is -2.33. The van der Waals surface area contributed by atoms with Gasteiger partial charge in [0, 0.05) is 19.3 Å². The molecule has 0 unspecified atom stereocenters. The van der Waals surface area contributed by atoms with E-state index in [2.05, 4.69) is 15.3 Å². The molecule has 1 fully saturated rings. The molecule has 0 bridgehead atoms. The molecule has 1 amide bonds. The highest BCUT2D eigenvalue weighted by Gasteiger charge is 2.16. The lowest BCUT2D eigenvalue weighted by Gasteiger charge is -2.10. The van der Waals surface area contributed by atoms with Gasteiger partial charge < -0.3 is 10.1 Å². The third kappa shape index (κ3) is 3.89. The maximum absolute atomic E-state index is 12.0. The summed E-state index contributed by atoms with van der Waals surface area (Å²) >= 11 is 1.16. The normalized spacial score (nSPS) is 17.5. The largest absolute Gasteiger partial charge is 0.376 e. The molecule has 1 atom stereocenters. The second kappa shape index (κ2) is 7.10. The summed E-state index contributed by atoms with van der Waals surface area (Å²) in [5, 5.41) is 3.15. The summed E-state index contributed by atoms with van der Waals surface area (Å²) in [7, 11) is 0. The maximum atomic E-state index is 12.0. The molecule has 1 aliphatic heterocycles. The number of aromatic nitrogens is 3. The van der Waals surface area contributed by atoms with E-state index in [0.717, 1.165) is 36.8 Å². The molecule has 7 nitrogen and oxygen atoms in total. The Morgan fingerprint density at radius 3 is 3.17 bits per heavy atom. The number of fused-ring (bicyclic) bond motifs is 1. The highest BCUT2D eigenvalue weighted by molar-refractivity contribution is 7.99. The third-order valence-corrected chi connectivity index (χ3v) is 4.49. The molecule has 3 heterocycles. The van der Waals surface area contributed by atoms with Crippen molar-refractivity contribution in [3.63, 3.8) is 0 Å². The second-order valence-electron chi connectivity index (χ2n) is 5.40. The van der Waals surface area contributed by atoms with Crippen molar-refractivity contribution in [3.8, 4) is 0 Å². The Labute approximate surface area is 137 Å². The van der Waals surface area contributed by atoms with Crippen LogP contribution in [0, 0.1) is 6.92 Å². The van der Waals surface area contributed by atoms with Crippen LogP contribution in [0.5, 0.6) is 0 Å². The minimum atomic E-state index is -0.388. The van der Waals surface area contributed by atoms with Gasteiger partial charge in [0.1, 0.15) is 5.65 Å². The van der Waals surface area contributed by atoms with Crippen LogP contribution in [0.1, 0.15) is 18.4 Å². The van der Waals surface area contributed by atoms with Crippen LogP contribution >= 0.6 is 11.8 Å². The maximum Gasteiger partial charge on any atom is 0.355 e. The number of pyridine rings is 1. The Hall–Kier alpha value is -1.93. The van der Waals surface area contributed by atoms with E-state index in [-0.39, 0.29) is 23.5 Å². The average Bonchev–Trinajstić information content (AvgIpc) is 3.05. The van der Waals surface area contributed by atoms with Crippen LogP contribution in [0.25, 0.3) is 5.65 Å². The summed E-state index contributed by atoms with van der Waals surface area (Å²) in [6, 6.07) is 3.66. The quantitative estimate of drug-likeness (QED) is 0.814. The molecule has 0 aliphatic carbocycles. The minimum absolute atomic E-state index is 0.112. The molecule has 122 valence electrons. The Balaban J connectivity index is 1.61. The molecule has 2 aromatic rings. The zero-order valence-corrected chi connectivity index (χ0v) is 13.6. The first-order chi connectivity index (χ1) is 11.1. The van der Waals surface area contributed by atoms with Crippen molar-refractivity contribution in [3.05, 3.63) is 34.4 Å². The number of carbonyl (C=O) groups excluding carboxylic acids is 1. The minimum Gasteiger partial charge on any atom is -0.376 e. The van der Waals surface area contributed by atoms with Crippen molar-refractivity contribution in [2.75, 3.05) is 18.9 Å². The highest BCUT2D eigenvalue weighted by atomic mass is 32.2. The van der Waals surface area contributed by atoms with Gasteiger partial charge in [-0.1, -0.05) is 17.8 Å². The van der Waals surface area contributed by atoms with Gasteiger partial charge in [-0.2, -0.15) is 4.98 Å². The van der Waals surface area contributed by atoms with Crippen molar-refractivity contribution >= 4 is 23.3 Å². The molecule has 0 radical (unpaired) electrons. The van der Waals surface area contributed by atoms with E-state index < -0.39 is 0 Å². The standard InChI is InChI=1S/C15H18N4O3S/c1-10-4-2-6-19-13(10)17-14(18-15(19)21)23-9-12(20)16-8-11-5-3-7-22-11/h2,4,6,11H,3,5,7-9H2,1H3,(H,16,20)/t11-/m1/s1. The number of rotatable bonds is 5. The molecule has 0 spiro atoms. The van der Waals surface area contributed by atoms with Crippen molar-refractivity contribution in [2.24, 2.45) is 0 Å². The van der Waals surface area contributed by atoms with Crippen LogP contribution in [-0.4, -0.2) is 45.3 Å². The van der Waals surface area contributed by atoms with E-state index in [0.29, 0.717) is 17.3 Å². The molecule has 2 aromatic heterocycles. The number of carbonyl (C=O) groups is 1. The third-order valence-electron chi connectivity index (χ3n) is 3.64. The fraction of sp³-hybridized carbons (Fsp3) is 0.467. The van der Waals surface area contributed by atoms with E-state index in [1.165, 1.54) is 4.40 Å². The number of nitrogens with zero attached hydrogens (tertiary/aromatic N) is 3. The summed E-state index contributed by atoms with van der Waals surface area (Å²) in [5.74, 6) is 0.0629. The van der Waals surface area contributed by atoms with E-state index in [1.807, 2.05) is 13.0 Å². The summed E-state index contributed by atoms with van der Waals surface area (Å²) in [4.78, 5) is 32.1. The summed E-state index contributed by atoms with van der Waals surface area (Å²) < 4.78 is 6.85. The van der Waals surface area contributed by atoms with Gasteiger partial charge in [0.25, 0.3) is 0 Å². The van der Waals surface area contributed by atoms with Gasteiger partial charge in [-0.25, -0.2) is 9.78 Å². The first-order valence-electron chi connectivity index (χ1n) is 7.50. The van der Waals surface area contributed by atoms with Gasteiger partial charge in [0.2, 0.25) is 5.91 Å². The molecular weight excluding hydrogens is 316 g/mol. The van der Waals surface area contributed by atoms with Crippen LogP contribution in [0.3, 0.4) is 0 Å². The smallest absolute Gasteiger partial charge is 0.355 e. The van der Waals surface area contributed by atoms with Crippen molar-refractivity contribution in [2.45, 2.75) is 31.0 Å². The first-order valence-corrected chi connectivity index (χ1v) is 8.49. The fourth-order valence-electron chi connectivity index (χ4n) is 2.43. The lowest BCUT2D eigenvalue weighted by atomic mass is 10.2. The van der Waals surface area contributed by atoms with Gasteiger partial charge in [-0.05, 0) is 31.4 Å². The van der Waals surface area contributed by atoms with Gasteiger partial charge in [-0.15, -0.1) is 0 Å². The second-order valence-corrected chi connectivity index (χ2v) is 6.34. The zero-order chi connectivity index (χ0) is 16.2. The Kier molecular flexibility index (Phi) is 4.92. The molecule has 23 heavy (non-hydrogen) atoms. The fourth-order valence-corrected chi connectivity index (χ4v) is 3.09. The topological polar surface area (TPSA) is 85.6 Å². The predicted octanol–water partition coefficient (Wildman–Crippen LogP) is 0.785. The number of nitrogens with one attached hydrogen (secondary N) is 1. The van der Waals surface area contributed by atoms with Gasteiger partial charge in [0.05, 0.1) is 11.9 Å². The highest BCUT2D eigenvalue weighted by Crippen LogP contribution is 2.14. The van der Waals surface area contributed by atoms with E-state index in [4.69, 9.17) is 4.74 Å². The van der Waals surface area contributed by atoms with Gasteiger partial charge >= 0.3 is 5.69 Å². The van der Waals surface area contributed by atoms with Crippen LogP contribution < -0.4 is 11.0 Å². The van der Waals surface area contributed by atoms with Crippen molar-refractivity contribution in [1.29, 1.82) is 0 Å². The van der Waals surface area contributed by atoms with Gasteiger partial charge in [0.15, 0.2) is 5.16 Å². The summed E-state index contributed by atoms with van der Waals surface area (Å²) in [6.07, 6.45) is 3.78. The SMILES string of the molecule is Cc1cccn2c(=O)nc(SCC(=O)NC[C@H]3CCCO3)nc12. The molecule has 1 saturated heterocycles. The summed E-state index contributed by atoms with van der Waals surface area (Å²) in [6.45, 7) is 3.17. The van der Waals surface area contributed by atoms with E-state index in [1.54, 1.807) is 12.3 Å². The van der Waals surface area contributed by atoms with Crippen LogP contribution in [-0.2, 0) is 9.53 Å². The monoisotopic (exact) mass is 334 g/mol. The molecule has 0 saturated carbocycles. The van der Waals surface area contributed by atoms with Gasteiger partial charge in [-0.3, -0.25) is 9.20 Å². The van der Waals surface area contributed by atoms with E-state index in [9.17, 15) is 9.59 Å². The molecule has 1 aliphatic rings. The summed E-state index contributed by atoms with van der Waals surface area (Å²) in [5.41, 5.74) is 1.06. The Bertz CT molecular complexity index is 771. The molecule has 1 N–H and O–H groups in total. The molecule has 0 aromatic carbocycles. The Morgan fingerprint density at radius 2 is 2.39 bits per heavy atom. The predicted molar refractivity (Wildman–Crippen MR) is 86.7 cm³/mol. The molecule has 3 rings (SSSR count). The molecule has 8 heteroatoms.